The minimum Gasteiger partial charge on any atom is -0.488 e. The fourth-order valence-corrected chi connectivity index (χ4v) is 1.16. The van der Waals surface area contributed by atoms with E-state index in [-0.39, 0.29) is 18.0 Å². The van der Waals surface area contributed by atoms with E-state index in [1.165, 1.54) is 0 Å². The summed E-state index contributed by atoms with van der Waals surface area (Å²) < 4.78 is 4.95. The molecule has 0 aliphatic rings. The summed E-state index contributed by atoms with van der Waals surface area (Å²) in [7, 11) is 0. The molecule has 0 atom stereocenters. The Hall–Kier alpha value is -1.85. The Morgan fingerprint density at radius 3 is 2.50 bits per heavy atom. The summed E-state index contributed by atoms with van der Waals surface area (Å²) in [5.74, 6) is -0.0563. The van der Waals surface area contributed by atoms with Crippen molar-refractivity contribution in [3.05, 3.63) is 20.4 Å². The van der Waals surface area contributed by atoms with Gasteiger partial charge in [0.25, 0.3) is 10.9 Å². The van der Waals surface area contributed by atoms with Gasteiger partial charge in [-0.15, -0.1) is 0 Å². The fraction of sp³-hybridized carbons (Fsp3) is 0.500. The van der Waals surface area contributed by atoms with Crippen LogP contribution in [-0.4, -0.2) is 19.2 Å². The van der Waals surface area contributed by atoms with Crippen LogP contribution in [0.3, 0.4) is 0 Å². The lowest BCUT2D eigenvalue weighted by molar-refractivity contribution is 0.251. The molecule has 0 aliphatic heterocycles. The minimum absolute atomic E-state index is 0.0551. The Morgan fingerprint density at radius 2 is 1.94 bits per heavy atom. The second-order valence-corrected chi connectivity index (χ2v) is 3.18. The van der Waals surface area contributed by atoms with Crippen molar-refractivity contribution in [2.45, 2.75) is 20.3 Å². The van der Waals surface area contributed by atoms with Crippen molar-refractivity contribution < 1.29 is 9.53 Å². The quantitative estimate of drug-likeness (QED) is 0.703. The number of carbonyl (C=O) groups excluding carboxylic acids is 1. The fourth-order valence-electron chi connectivity index (χ4n) is 1.16. The highest BCUT2D eigenvalue weighted by molar-refractivity contribution is 5.91. The predicted molar refractivity (Wildman–Crippen MR) is 59.8 cm³/mol. The maximum atomic E-state index is 11.2. The number of carbonyl (C=O) groups is 1. The summed E-state index contributed by atoms with van der Waals surface area (Å²) in [6.45, 7) is 4.38. The topological polar surface area (TPSA) is 84.5 Å². The molecular formula is C10H14N2O4. The molecule has 16 heavy (non-hydrogen) atoms. The van der Waals surface area contributed by atoms with Gasteiger partial charge in [0.1, 0.15) is 5.69 Å². The normalized spacial score (nSPS) is 10.1. The van der Waals surface area contributed by atoms with E-state index in [1.807, 2.05) is 6.92 Å². The van der Waals surface area contributed by atoms with Crippen LogP contribution in [0.2, 0.25) is 0 Å². The van der Waals surface area contributed by atoms with Gasteiger partial charge >= 0.3 is 6.03 Å². The molecular weight excluding hydrogens is 212 g/mol. The molecule has 1 aromatic carbocycles. The second kappa shape index (κ2) is 5.29. The number of hydrogen-bond donors (Lipinski definition) is 2. The Morgan fingerprint density at radius 1 is 1.25 bits per heavy atom. The van der Waals surface area contributed by atoms with Crippen molar-refractivity contribution in [3.63, 3.8) is 0 Å². The molecule has 0 aliphatic carbocycles. The first kappa shape index (κ1) is 12.2. The van der Waals surface area contributed by atoms with Crippen molar-refractivity contribution in [1.82, 2.24) is 5.32 Å². The maximum Gasteiger partial charge on any atom is 0.319 e. The first-order valence-corrected chi connectivity index (χ1v) is 5.12. The molecule has 0 saturated carbocycles. The first-order chi connectivity index (χ1) is 7.61. The molecule has 1 aromatic rings. The molecule has 0 aromatic heterocycles. The van der Waals surface area contributed by atoms with Crippen molar-refractivity contribution in [2.24, 2.45) is 0 Å². The third-order valence-corrected chi connectivity index (χ3v) is 1.93. The van der Waals surface area contributed by atoms with Gasteiger partial charge in [-0.05, 0) is 13.3 Å². The zero-order chi connectivity index (χ0) is 12.1. The monoisotopic (exact) mass is 226 g/mol. The standard InChI is InChI=1S/C10H14N2O4/c1-3-5-11-10(15)12-6-7(13)8(14)9(6)16-4-2/h3-5H2,1-2H3,(H2,11,12,15). The van der Waals surface area contributed by atoms with Crippen molar-refractivity contribution in [3.8, 4) is 5.75 Å². The van der Waals surface area contributed by atoms with E-state index in [4.69, 9.17) is 4.74 Å². The average Bonchev–Trinajstić information content (AvgIpc) is 2.30. The first-order valence-electron chi connectivity index (χ1n) is 5.12. The third-order valence-electron chi connectivity index (χ3n) is 1.93. The van der Waals surface area contributed by atoms with Crippen LogP contribution in [0, 0.1) is 0 Å². The van der Waals surface area contributed by atoms with Gasteiger partial charge in [0, 0.05) is 6.54 Å². The van der Waals surface area contributed by atoms with E-state index in [2.05, 4.69) is 10.6 Å². The van der Waals surface area contributed by atoms with Crippen molar-refractivity contribution in [1.29, 1.82) is 0 Å². The molecule has 0 saturated heterocycles. The van der Waals surface area contributed by atoms with Crippen LogP contribution in [0.15, 0.2) is 9.59 Å². The lowest BCUT2D eigenvalue weighted by atomic mass is 10.2. The molecule has 6 heteroatoms. The van der Waals surface area contributed by atoms with E-state index < -0.39 is 16.9 Å². The van der Waals surface area contributed by atoms with Gasteiger partial charge in [-0.25, -0.2) is 4.79 Å². The summed E-state index contributed by atoms with van der Waals surface area (Å²) in [6.07, 6.45) is 0.789. The zero-order valence-electron chi connectivity index (χ0n) is 9.25. The van der Waals surface area contributed by atoms with E-state index in [1.54, 1.807) is 6.92 Å². The minimum atomic E-state index is -0.713. The van der Waals surface area contributed by atoms with Crippen LogP contribution in [0.5, 0.6) is 5.75 Å². The van der Waals surface area contributed by atoms with Crippen LogP contribution >= 0.6 is 0 Å². The molecule has 0 spiro atoms. The van der Waals surface area contributed by atoms with Crippen LogP contribution in [-0.2, 0) is 0 Å². The second-order valence-electron chi connectivity index (χ2n) is 3.18. The highest BCUT2D eigenvalue weighted by Gasteiger charge is 2.23. The lowest BCUT2D eigenvalue weighted by Crippen LogP contribution is -2.40. The molecule has 0 unspecified atom stereocenters. The zero-order valence-corrected chi connectivity index (χ0v) is 9.25. The Bertz CT molecular complexity index is 446. The summed E-state index contributed by atoms with van der Waals surface area (Å²) in [5.41, 5.74) is -1.46. The predicted octanol–water partition coefficient (Wildman–Crippen LogP) is 0.213. The van der Waals surface area contributed by atoms with Gasteiger partial charge in [0.05, 0.1) is 6.61 Å². The molecule has 0 bridgehead atoms. The van der Waals surface area contributed by atoms with Gasteiger partial charge in [0.15, 0.2) is 5.75 Å². The Balaban J connectivity index is 2.67. The Kier molecular flexibility index (Phi) is 4.04. The Labute approximate surface area is 92.3 Å². The van der Waals surface area contributed by atoms with E-state index >= 15 is 0 Å². The number of rotatable bonds is 5. The molecule has 0 radical (unpaired) electrons. The highest BCUT2D eigenvalue weighted by atomic mass is 16.5. The van der Waals surface area contributed by atoms with Crippen LogP contribution in [0.25, 0.3) is 0 Å². The number of nitrogens with one attached hydrogen (secondary N) is 2. The summed E-state index contributed by atoms with van der Waals surface area (Å²) >= 11 is 0. The molecule has 88 valence electrons. The van der Waals surface area contributed by atoms with E-state index in [0.717, 1.165) is 6.42 Å². The molecule has 2 amide bonds. The smallest absolute Gasteiger partial charge is 0.319 e. The summed E-state index contributed by atoms with van der Waals surface area (Å²) in [4.78, 5) is 33.4. The van der Waals surface area contributed by atoms with Crippen LogP contribution in [0.4, 0.5) is 10.5 Å². The summed E-state index contributed by atoms with van der Waals surface area (Å²) in [6, 6.07) is -0.505. The largest absolute Gasteiger partial charge is 0.488 e. The van der Waals surface area contributed by atoms with Crippen LogP contribution < -0.4 is 26.2 Å². The SMILES string of the molecule is CCCNC(=O)Nc1c(OCC)c(=O)c1=O. The number of amides is 2. The molecule has 0 fully saturated rings. The molecule has 2 N–H and O–H groups in total. The number of anilines is 1. The van der Waals surface area contributed by atoms with E-state index in [0.29, 0.717) is 6.54 Å². The van der Waals surface area contributed by atoms with Gasteiger partial charge in [-0.2, -0.15) is 0 Å². The molecule has 1 rings (SSSR count). The maximum absolute atomic E-state index is 11.2. The van der Waals surface area contributed by atoms with Gasteiger partial charge in [0.2, 0.25) is 0 Å². The summed E-state index contributed by atoms with van der Waals surface area (Å²) in [5, 5.41) is 4.83. The number of ether oxygens (including phenoxy) is 1. The third kappa shape index (κ3) is 2.39. The highest BCUT2D eigenvalue weighted by Crippen LogP contribution is 2.16. The molecule has 6 nitrogen and oxygen atoms in total. The van der Waals surface area contributed by atoms with Crippen molar-refractivity contribution >= 4 is 11.7 Å². The number of hydrogen-bond acceptors (Lipinski definition) is 4. The van der Waals surface area contributed by atoms with Crippen molar-refractivity contribution in [2.75, 3.05) is 18.5 Å². The van der Waals surface area contributed by atoms with Gasteiger partial charge in [-0.3, -0.25) is 9.59 Å². The van der Waals surface area contributed by atoms with E-state index in [9.17, 15) is 14.4 Å². The van der Waals surface area contributed by atoms with Crippen LogP contribution in [0.1, 0.15) is 20.3 Å². The lowest BCUT2D eigenvalue weighted by Gasteiger charge is -2.12. The molecule has 0 heterocycles. The van der Waals surface area contributed by atoms with Gasteiger partial charge < -0.3 is 15.4 Å². The van der Waals surface area contributed by atoms with Gasteiger partial charge in [-0.1, -0.05) is 6.92 Å². The number of urea groups is 1. The average molecular weight is 226 g/mol.